The molecule has 1 aromatic carbocycles. The molecule has 0 spiro atoms. The van der Waals surface area contributed by atoms with E-state index in [-0.39, 0.29) is 17.2 Å². The second kappa shape index (κ2) is 3.97. The predicted octanol–water partition coefficient (Wildman–Crippen LogP) is 3.07. The molecular weight excluding hydrogens is 242 g/mol. The smallest absolute Gasteiger partial charge is 0.395 e. The molecule has 0 bridgehead atoms. The van der Waals surface area contributed by atoms with Crippen molar-refractivity contribution in [2.24, 2.45) is 0 Å². The van der Waals surface area contributed by atoms with Crippen molar-refractivity contribution in [1.82, 2.24) is 0 Å². The molecule has 2 rings (SSSR count). The normalized spacial score (nSPS) is 18.2. The van der Waals surface area contributed by atoms with Crippen LogP contribution in [-0.4, -0.2) is 18.8 Å². The molecule has 0 aromatic heterocycles. The highest BCUT2D eigenvalue weighted by Crippen LogP contribution is 2.42. The van der Waals surface area contributed by atoms with E-state index < -0.39 is 18.8 Å². The van der Waals surface area contributed by atoms with Gasteiger partial charge in [-0.3, -0.25) is 0 Å². The molecule has 0 amide bonds. The standard InChI is InChI=1S/C10H9F4NO2/c1-5(9(11)12)15-6-2-3-7-8(4-6)17-10(13,14)16-7/h2-5,9,15H,1H3. The summed E-state index contributed by atoms with van der Waals surface area (Å²) in [6.07, 6.45) is -6.25. The molecule has 0 saturated heterocycles. The minimum atomic E-state index is -3.70. The third-order valence-electron chi connectivity index (χ3n) is 2.17. The molecule has 7 heteroatoms. The van der Waals surface area contributed by atoms with Gasteiger partial charge in [-0.25, -0.2) is 8.78 Å². The zero-order valence-electron chi connectivity index (χ0n) is 8.72. The van der Waals surface area contributed by atoms with Gasteiger partial charge in [0.25, 0.3) is 6.43 Å². The van der Waals surface area contributed by atoms with Crippen LogP contribution in [0.2, 0.25) is 0 Å². The van der Waals surface area contributed by atoms with E-state index in [1.807, 2.05) is 0 Å². The van der Waals surface area contributed by atoms with Gasteiger partial charge < -0.3 is 14.8 Å². The lowest BCUT2D eigenvalue weighted by atomic mass is 10.2. The van der Waals surface area contributed by atoms with Crippen LogP contribution in [0.4, 0.5) is 23.2 Å². The lowest BCUT2D eigenvalue weighted by Crippen LogP contribution is -2.26. The number of alkyl halides is 4. The van der Waals surface area contributed by atoms with Crippen molar-refractivity contribution in [2.45, 2.75) is 25.7 Å². The van der Waals surface area contributed by atoms with Crippen molar-refractivity contribution in [2.75, 3.05) is 5.32 Å². The van der Waals surface area contributed by atoms with Gasteiger partial charge in [-0.15, -0.1) is 8.78 Å². The fourth-order valence-corrected chi connectivity index (χ4v) is 1.36. The van der Waals surface area contributed by atoms with E-state index in [2.05, 4.69) is 14.8 Å². The first-order valence-corrected chi connectivity index (χ1v) is 4.82. The Hall–Kier alpha value is -1.66. The Bertz CT molecular complexity index is 425. The summed E-state index contributed by atoms with van der Waals surface area (Å²) >= 11 is 0. The lowest BCUT2D eigenvalue weighted by Gasteiger charge is -2.14. The molecule has 0 saturated carbocycles. The average Bonchev–Trinajstić information content (AvgIpc) is 2.50. The van der Waals surface area contributed by atoms with E-state index in [4.69, 9.17) is 0 Å². The third kappa shape index (κ3) is 2.54. The molecule has 17 heavy (non-hydrogen) atoms. The molecule has 3 nitrogen and oxygen atoms in total. The molecule has 1 atom stereocenters. The van der Waals surface area contributed by atoms with Gasteiger partial charge in [0, 0.05) is 11.8 Å². The van der Waals surface area contributed by atoms with Crippen LogP contribution in [0.1, 0.15) is 6.92 Å². The number of anilines is 1. The van der Waals surface area contributed by atoms with Gasteiger partial charge in [-0.1, -0.05) is 0 Å². The van der Waals surface area contributed by atoms with Gasteiger partial charge >= 0.3 is 6.29 Å². The molecule has 0 aliphatic carbocycles. The molecular formula is C10H9F4NO2. The summed E-state index contributed by atoms with van der Waals surface area (Å²) in [5.74, 6) is -0.299. The molecule has 1 heterocycles. The van der Waals surface area contributed by atoms with Gasteiger partial charge in [0.05, 0.1) is 6.04 Å². The number of rotatable bonds is 3. The van der Waals surface area contributed by atoms with Crippen LogP contribution >= 0.6 is 0 Å². The van der Waals surface area contributed by atoms with Gasteiger partial charge in [0.15, 0.2) is 11.5 Å². The van der Waals surface area contributed by atoms with Crippen LogP contribution in [-0.2, 0) is 0 Å². The van der Waals surface area contributed by atoms with Crippen LogP contribution in [0, 0.1) is 0 Å². The summed E-state index contributed by atoms with van der Waals surface area (Å²) in [4.78, 5) is 0. The summed E-state index contributed by atoms with van der Waals surface area (Å²) in [6.45, 7) is 1.28. The second-order valence-electron chi connectivity index (χ2n) is 3.60. The first kappa shape index (κ1) is 11.8. The number of benzene rings is 1. The summed E-state index contributed by atoms with van der Waals surface area (Å²) in [5.41, 5.74) is 0.262. The monoisotopic (exact) mass is 251 g/mol. The Morgan fingerprint density at radius 2 is 1.82 bits per heavy atom. The first-order chi connectivity index (χ1) is 7.87. The van der Waals surface area contributed by atoms with Crippen LogP contribution in [0.15, 0.2) is 18.2 Å². The quantitative estimate of drug-likeness (QED) is 0.837. The molecule has 1 N–H and O–H groups in total. The highest BCUT2D eigenvalue weighted by molar-refractivity contribution is 5.56. The minimum absolute atomic E-state index is 0.120. The second-order valence-corrected chi connectivity index (χ2v) is 3.60. The van der Waals surface area contributed by atoms with Crippen LogP contribution in [0.3, 0.4) is 0 Å². The molecule has 1 aromatic rings. The highest BCUT2D eigenvalue weighted by Gasteiger charge is 2.43. The van der Waals surface area contributed by atoms with Gasteiger partial charge in [0.1, 0.15) is 0 Å². The Labute approximate surface area is 94.3 Å². The van der Waals surface area contributed by atoms with Crippen LogP contribution in [0.5, 0.6) is 11.5 Å². The summed E-state index contributed by atoms with van der Waals surface area (Å²) < 4.78 is 58.3. The van der Waals surface area contributed by atoms with E-state index in [1.165, 1.54) is 25.1 Å². The molecule has 1 unspecified atom stereocenters. The Morgan fingerprint density at radius 3 is 2.47 bits per heavy atom. The van der Waals surface area contributed by atoms with Crippen molar-refractivity contribution in [3.05, 3.63) is 18.2 Å². The molecule has 94 valence electrons. The van der Waals surface area contributed by atoms with Crippen molar-refractivity contribution in [3.8, 4) is 11.5 Å². The van der Waals surface area contributed by atoms with Crippen LogP contribution in [0.25, 0.3) is 0 Å². The maximum absolute atomic E-state index is 12.7. The van der Waals surface area contributed by atoms with Gasteiger partial charge in [-0.2, -0.15) is 0 Å². The summed E-state index contributed by atoms with van der Waals surface area (Å²) in [7, 11) is 0. The molecule has 1 aliphatic heterocycles. The zero-order chi connectivity index (χ0) is 12.6. The van der Waals surface area contributed by atoms with Crippen molar-refractivity contribution < 1.29 is 27.0 Å². The zero-order valence-corrected chi connectivity index (χ0v) is 8.72. The van der Waals surface area contributed by atoms with E-state index in [0.29, 0.717) is 0 Å². The lowest BCUT2D eigenvalue weighted by molar-refractivity contribution is -0.286. The number of fused-ring (bicyclic) bond motifs is 1. The Balaban J connectivity index is 2.14. The Morgan fingerprint density at radius 1 is 1.18 bits per heavy atom. The maximum atomic E-state index is 12.7. The molecule has 0 radical (unpaired) electrons. The third-order valence-corrected chi connectivity index (χ3v) is 2.17. The topological polar surface area (TPSA) is 30.5 Å². The van der Waals surface area contributed by atoms with E-state index in [9.17, 15) is 17.6 Å². The van der Waals surface area contributed by atoms with Crippen molar-refractivity contribution in [3.63, 3.8) is 0 Å². The number of hydrogen-bond acceptors (Lipinski definition) is 3. The van der Waals surface area contributed by atoms with Crippen LogP contribution < -0.4 is 14.8 Å². The molecule has 1 aliphatic rings. The number of nitrogens with one attached hydrogen (secondary N) is 1. The minimum Gasteiger partial charge on any atom is -0.395 e. The van der Waals surface area contributed by atoms with Gasteiger partial charge in [-0.05, 0) is 19.1 Å². The largest absolute Gasteiger partial charge is 0.586 e. The number of halogens is 4. The average molecular weight is 251 g/mol. The molecule has 0 fully saturated rings. The van der Waals surface area contributed by atoms with Crippen molar-refractivity contribution in [1.29, 1.82) is 0 Å². The van der Waals surface area contributed by atoms with Gasteiger partial charge in [0.2, 0.25) is 0 Å². The summed E-state index contributed by atoms with van der Waals surface area (Å²) in [5, 5.41) is 2.47. The van der Waals surface area contributed by atoms with E-state index >= 15 is 0 Å². The highest BCUT2D eigenvalue weighted by atomic mass is 19.3. The summed E-state index contributed by atoms with van der Waals surface area (Å²) in [6, 6.07) is 2.70. The maximum Gasteiger partial charge on any atom is 0.586 e. The fraction of sp³-hybridized carbons (Fsp3) is 0.400. The van der Waals surface area contributed by atoms with Crippen molar-refractivity contribution >= 4 is 5.69 Å². The Kier molecular flexibility index (Phi) is 2.76. The number of ether oxygens (including phenoxy) is 2. The first-order valence-electron chi connectivity index (χ1n) is 4.82. The number of hydrogen-bond donors (Lipinski definition) is 1. The fourth-order valence-electron chi connectivity index (χ4n) is 1.36. The predicted molar refractivity (Wildman–Crippen MR) is 51.7 cm³/mol. The van der Waals surface area contributed by atoms with E-state index in [1.54, 1.807) is 0 Å². The van der Waals surface area contributed by atoms with E-state index in [0.717, 1.165) is 0 Å². The SMILES string of the molecule is CC(Nc1ccc2c(c1)OC(F)(F)O2)C(F)F.